The number of nitrogens with zero attached hydrogens (tertiary/aromatic N) is 5. The second kappa shape index (κ2) is 7.20. The van der Waals surface area contributed by atoms with Crippen molar-refractivity contribution in [3.8, 4) is 5.88 Å². The largest absolute Gasteiger partial charge is 0.471 e. The highest BCUT2D eigenvalue weighted by Crippen LogP contribution is 2.34. The van der Waals surface area contributed by atoms with Gasteiger partial charge < -0.3 is 9.64 Å². The summed E-state index contributed by atoms with van der Waals surface area (Å²) < 4.78 is 7.57. The van der Waals surface area contributed by atoms with E-state index in [1.807, 2.05) is 4.90 Å². The molecule has 0 radical (unpaired) electrons. The van der Waals surface area contributed by atoms with Gasteiger partial charge in [0.1, 0.15) is 6.10 Å². The van der Waals surface area contributed by atoms with Crippen LogP contribution in [0.4, 0.5) is 0 Å². The van der Waals surface area contributed by atoms with Crippen molar-refractivity contribution in [1.29, 1.82) is 0 Å². The molecule has 146 valence electrons. The monoisotopic (exact) mass is 399 g/mol. The molecule has 2 unspecified atom stereocenters. The van der Waals surface area contributed by atoms with Crippen LogP contribution >= 0.6 is 11.8 Å². The molecule has 0 N–H and O–H groups in total. The molecule has 1 amide bonds. The van der Waals surface area contributed by atoms with Gasteiger partial charge in [-0.15, -0.1) is 0 Å². The van der Waals surface area contributed by atoms with Gasteiger partial charge in [-0.3, -0.25) is 19.1 Å². The summed E-state index contributed by atoms with van der Waals surface area (Å²) in [7, 11) is 0. The van der Waals surface area contributed by atoms with Gasteiger partial charge in [0.05, 0.1) is 24.5 Å². The third kappa shape index (κ3) is 3.17. The van der Waals surface area contributed by atoms with Crippen molar-refractivity contribution >= 4 is 17.7 Å². The van der Waals surface area contributed by atoms with Crippen LogP contribution in [0.1, 0.15) is 36.6 Å². The molecule has 3 aliphatic rings. The molecule has 28 heavy (non-hydrogen) atoms. The molecule has 0 spiro atoms. The van der Waals surface area contributed by atoms with Crippen molar-refractivity contribution in [2.45, 2.75) is 49.4 Å². The van der Waals surface area contributed by atoms with Gasteiger partial charge in [0, 0.05) is 43.1 Å². The highest BCUT2D eigenvalue weighted by atomic mass is 32.2. The SMILES string of the molecule is O=C(CC1CSc2nc3c(c(=O)n21)CCC3)N1CCC(Oc2cnccn2)C1. The van der Waals surface area contributed by atoms with E-state index in [0.717, 1.165) is 47.8 Å². The molecule has 2 atom stereocenters. The predicted octanol–water partition coefficient (Wildman–Crippen LogP) is 1.24. The van der Waals surface area contributed by atoms with Crippen molar-refractivity contribution < 1.29 is 9.53 Å². The first-order valence-corrected chi connectivity index (χ1v) is 10.6. The van der Waals surface area contributed by atoms with Gasteiger partial charge in [-0.1, -0.05) is 11.8 Å². The zero-order valence-electron chi connectivity index (χ0n) is 15.4. The van der Waals surface area contributed by atoms with Crippen LogP contribution in [-0.2, 0) is 17.6 Å². The Morgan fingerprint density at radius 2 is 2.25 bits per heavy atom. The van der Waals surface area contributed by atoms with Gasteiger partial charge in [0.25, 0.3) is 5.56 Å². The number of rotatable bonds is 4. The lowest BCUT2D eigenvalue weighted by Crippen LogP contribution is -2.35. The minimum absolute atomic E-state index is 0.0607. The maximum atomic E-state index is 12.9. The minimum atomic E-state index is -0.113. The number of hydrogen-bond donors (Lipinski definition) is 0. The standard InChI is InChI=1S/C19H21N5O3S/c25-17(23-7-4-13(10-23)27-16-9-20-5-6-21-16)8-12-11-28-19-22-15-3-1-2-14(15)18(26)24(12)19/h5-6,9,12-13H,1-4,7-8,10-11H2. The summed E-state index contributed by atoms with van der Waals surface area (Å²) in [5.74, 6) is 1.27. The number of amides is 1. The van der Waals surface area contributed by atoms with Gasteiger partial charge >= 0.3 is 0 Å². The Morgan fingerprint density at radius 3 is 3.11 bits per heavy atom. The van der Waals surface area contributed by atoms with E-state index >= 15 is 0 Å². The smallest absolute Gasteiger partial charge is 0.257 e. The Morgan fingerprint density at radius 1 is 1.32 bits per heavy atom. The number of thioether (sulfide) groups is 1. The highest BCUT2D eigenvalue weighted by Gasteiger charge is 2.34. The fourth-order valence-corrected chi connectivity index (χ4v) is 5.36. The molecule has 0 saturated carbocycles. The van der Waals surface area contributed by atoms with Gasteiger partial charge in [0.2, 0.25) is 11.8 Å². The number of ether oxygens (including phenoxy) is 1. The maximum Gasteiger partial charge on any atom is 0.257 e. The maximum absolute atomic E-state index is 12.9. The molecule has 1 saturated heterocycles. The summed E-state index contributed by atoms with van der Waals surface area (Å²) in [4.78, 5) is 40.3. The number of aromatic nitrogens is 4. The summed E-state index contributed by atoms with van der Waals surface area (Å²) in [5.41, 5.74) is 1.87. The van der Waals surface area contributed by atoms with Crippen molar-refractivity contribution in [1.82, 2.24) is 24.4 Å². The average molecular weight is 399 g/mol. The van der Waals surface area contributed by atoms with E-state index in [1.54, 1.807) is 34.9 Å². The third-order valence-electron chi connectivity index (χ3n) is 5.61. The molecule has 1 aliphatic carbocycles. The second-order valence-corrected chi connectivity index (χ2v) is 8.42. The van der Waals surface area contributed by atoms with E-state index in [-0.39, 0.29) is 23.6 Å². The van der Waals surface area contributed by atoms with E-state index < -0.39 is 0 Å². The van der Waals surface area contributed by atoms with Crippen LogP contribution < -0.4 is 10.3 Å². The van der Waals surface area contributed by atoms with Crippen LogP contribution in [0.15, 0.2) is 28.5 Å². The summed E-state index contributed by atoms with van der Waals surface area (Å²) in [5, 5.41) is 0.772. The zero-order chi connectivity index (χ0) is 19.1. The molecule has 0 bridgehead atoms. The fraction of sp³-hybridized carbons (Fsp3) is 0.526. The van der Waals surface area contributed by atoms with E-state index in [2.05, 4.69) is 15.0 Å². The molecule has 2 aromatic rings. The molecular formula is C19H21N5O3S. The quantitative estimate of drug-likeness (QED) is 0.715. The Bertz CT molecular complexity index is 964. The topological polar surface area (TPSA) is 90.2 Å². The number of hydrogen-bond acceptors (Lipinski definition) is 7. The number of carbonyl (C=O) groups is 1. The molecule has 0 aromatic carbocycles. The van der Waals surface area contributed by atoms with E-state index in [9.17, 15) is 9.59 Å². The van der Waals surface area contributed by atoms with Crippen molar-refractivity contribution in [2.24, 2.45) is 0 Å². The van der Waals surface area contributed by atoms with Crippen LogP contribution in [0.2, 0.25) is 0 Å². The van der Waals surface area contributed by atoms with Gasteiger partial charge in [-0.25, -0.2) is 9.97 Å². The first kappa shape index (κ1) is 17.7. The Hall–Kier alpha value is -2.42. The lowest BCUT2D eigenvalue weighted by molar-refractivity contribution is -0.131. The molecule has 2 aliphatic heterocycles. The molecule has 4 heterocycles. The first-order valence-electron chi connectivity index (χ1n) is 9.66. The molecule has 5 rings (SSSR count). The number of fused-ring (bicyclic) bond motifs is 2. The van der Waals surface area contributed by atoms with E-state index in [1.165, 1.54) is 0 Å². The van der Waals surface area contributed by atoms with Crippen LogP contribution in [0.5, 0.6) is 5.88 Å². The van der Waals surface area contributed by atoms with Crippen molar-refractivity contribution in [3.63, 3.8) is 0 Å². The summed E-state index contributed by atoms with van der Waals surface area (Å²) in [6, 6.07) is -0.113. The van der Waals surface area contributed by atoms with Gasteiger partial charge in [-0.2, -0.15) is 0 Å². The van der Waals surface area contributed by atoms with Crippen molar-refractivity contribution in [3.05, 3.63) is 40.2 Å². The van der Waals surface area contributed by atoms with Gasteiger partial charge in [-0.05, 0) is 19.3 Å². The van der Waals surface area contributed by atoms with Crippen LogP contribution in [-0.4, -0.2) is 55.3 Å². The molecule has 2 aromatic heterocycles. The van der Waals surface area contributed by atoms with E-state index in [4.69, 9.17) is 4.74 Å². The van der Waals surface area contributed by atoms with Gasteiger partial charge in [0.15, 0.2) is 5.16 Å². The Kier molecular flexibility index (Phi) is 4.54. The van der Waals surface area contributed by atoms with Crippen LogP contribution in [0.3, 0.4) is 0 Å². The summed E-state index contributed by atoms with van der Waals surface area (Å²) in [6.45, 7) is 1.20. The summed E-state index contributed by atoms with van der Waals surface area (Å²) in [6.07, 6.45) is 8.49. The average Bonchev–Trinajstić information content (AvgIpc) is 3.43. The highest BCUT2D eigenvalue weighted by molar-refractivity contribution is 7.99. The zero-order valence-corrected chi connectivity index (χ0v) is 16.2. The molecule has 8 nitrogen and oxygen atoms in total. The molecular weight excluding hydrogens is 378 g/mol. The number of likely N-dealkylation sites (tertiary alicyclic amines) is 1. The first-order chi connectivity index (χ1) is 13.7. The Labute approximate surface area is 166 Å². The number of carbonyl (C=O) groups excluding carboxylic acids is 1. The predicted molar refractivity (Wildman–Crippen MR) is 103 cm³/mol. The fourth-order valence-electron chi connectivity index (χ4n) is 4.20. The third-order valence-corrected chi connectivity index (χ3v) is 6.70. The van der Waals surface area contributed by atoms with Crippen molar-refractivity contribution in [2.75, 3.05) is 18.8 Å². The van der Waals surface area contributed by atoms with Crippen LogP contribution in [0.25, 0.3) is 0 Å². The minimum Gasteiger partial charge on any atom is -0.471 e. The molecule has 9 heteroatoms. The van der Waals surface area contributed by atoms with Crippen LogP contribution in [0, 0.1) is 0 Å². The lowest BCUT2D eigenvalue weighted by atomic mass is 10.2. The second-order valence-electron chi connectivity index (χ2n) is 7.43. The molecule has 1 fully saturated rings. The number of aryl methyl sites for hydroxylation is 1. The lowest BCUT2D eigenvalue weighted by Gasteiger charge is -2.20. The summed E-state index contributed by atoms with van der Waals surface area (Å²) >= 11 is 1.58. The Balaban J connectivity index is 1.25. The van der Waals surface area contributed by atoms with E-state index in [0.29, 0.717) is 25.4 Å². The normalized spacial score (nSPS) is 22.9.